The number of carboxylic acid groups (broad SMARTS) is 1. The minimum Gasteiger partial charge on any atom is -0.478 e. The molecule has 0 aliphatic carbocycles. The van der Waals surface area contributed by atoms with Crippen LogP contribution in [0.25, 0.3) is 0 Å². The number of carbonyl (C=O) groups excluding carboxylic acids is 1. The van der Waals surface area contributed by atoms with Crippen LogP contribution >= 0.6 is 0 Å². The summed E-state index contributed by atoms with van der Waals surface area (Å²) >= 11 is 0. The van der Waals surface area contributed by atoms with Crippen LogP contribution in [0.3, 0.4) is 0 Å². The van der Waals surface area contributed by atoms with Gasteiger partial charge in [0.2, 0.25) is 0 Å². The number of aromatic carboxylic acids is 1. The largest absolute Gasteiger partial charge is 0.573 e. The first-order chi connectivity index (χ1) is 11.4. The lowest BCUT2D eigenvalue weighted by Gasteiger charge is -2.19. The van der Waals surface area contributed by atoms with Gasteiger partial charge in [-0.1, -0.05) is 11.8 Å². The minimum atomic E-state index is -5.03. The van der Waals surface area contributed by atoms with Gasteiger partial charge in [-0.3, -0.25) is 0 Å². The molecular weight excluding hydrogens is 343 g/mol. The Kier molecular flexibility index (Phi) is 6.28. The average Bonchev–Trinajstić information content (AvgIpc) is 2.39. The first kappa shape index (κ1) is 20.2. The maximum absolute atomic E-state index is 12.3. The van der Waals surface area contributed by atoms with Crippen LogP contribution in [-0.4, -0.2) is 35.7 Å². The van der Waals surface area contributed by atoms with Crippen LogP contribution in [0.5, 0.6) is 5.75 Å². The van der Waals surface area contributed by atoms with Crippen LogP contribution in [0.1, 0.15) is 36.7 Å². The molecule has 0 aromatic heterocycles. The molecule has 0 saturated heterocycles. The standard InChI is InChI=1S/C16H16F3NO5/c1-15(2,3)25-14(23)20-8-4-5-10-6-7-11(13(21)22)12(9-10)24-16(17,18)19/h6-7,9H,8H2,1-3H3,(H,20,23)(H,21,22). The van der Waals surface area contributed by atoms with Gasteiger partial charge in [-0.2, -0.15) is 0 Å². The fraction of sp³-hybridized carbons (Fsp3) is 0.375. The highest BCUT2D eigenvalue weighted by Gasteiger charge is 2.33. The maximum atomic E-state index is 12.3. The van der Waals surface area contributed by atoms with Crippen molar-refractivity contribution in [2.75, 3.05) is 6.54 Å². The number of nitrogens with one attached hydrogen (secondary N) is 1. The minimum absolute atomic E-state index is 0.0928. The van der Waals surface area contributed by atoms with Crippen molar-refractivity contribution in [2.24, 2.45) is 0 Å². The van der Waals surface area contributed by atoms with Gasteiger partial charge in [-0.15, -0.1) is 13.2 Å². The monoisotopic (exact) mass is 359 g/mol. The summed E-state index contributed by atoms with van der Waals surface area (Å²) in [6.45, 7) is 4.95. The molecule has 0 bridgehead atoms. The number of alkyl carbamates (subject to hydrolysis) is 1. The van der Waals surface area contributed by atoms with Gasteiger partial charge in [-0.25, -0.2) is 9.59 Å². The highest BCUT2D eigenvalue weighted by molar-refractivity contribution is 5.91. The summed E-state index contributed by atoms with van der Waals surface area (Å²) < 4.78 is 45.7. The van der Waals surface area contributed by atoms with Crippen molar-refractivity contribution in [1.82, 2.24) is 5.32 Å². The number of rotatable bonds is 3. The van der Waals surface area contributed by atoms with Crippen LogP contribution < -0.4 is 10.1 Å². The lowest BCUT2D eigenvalue weighted by Crippen LogP contribution is -2.32. The quantitative estimate of drug-likeness (QED) is 0.810. The van der Waals surface area contributed by atoms with Crippen molar-refractivity contribution in [3.05, 3.63) is 29.3 Å². The van der Waals surface area contributed by atoms with E-state index in [0.717, 1.165) is 12.1 Å². The number of hydrogen-bond acceptors (Lipinski definition) is 4. The summed E-state index contributed by atoms with van der Waals surface area (Å²) in [5, 5.41) is 11.2. The Bertz CT molecular complexity index is 711. The van der Waals surface area contributed by atoms with E-state index in [2.05, 4.69) is 21.9 Å². The predicted octanol–water partition coefficient (Wildman–Crippen LogP) is 3.16. The van der Waals surface area contributed by atoms with E-state index in [-0.39, 0.29) is 12.1 Å². The Morgan fingerprint density at radius 3 is 2.40 bits per heavy atom. The molecule has 9 heteroatoms. The second kappa shape index (κ2) is 7.79. The molecule has 1 rings (SSSR count). The van der Waals surface area contributed by atoms with E-state index >= 15 is 0 Å². The van der Waals surface area contributed by atoms with Crippen molar-refractivity contribution < 1.29 is 37.3 Å². The molecule has 0 spiro atoms. The predicted molar refractivity (Wildman–Crippen MR) is 81.2 cm³/mol. The molecule has 25 heavy (non-hydrogen) atoms. The first-order valence-electron chi connectivity index (χ1n) is 6.96. The number of benzene rings is 1. The number of amides is 1. The lowest BCUT2D eigenvalue weighted by molar-refractivity contribution is -0.274. The van der Waals surface area contributed by atoms with Gasteiger partial charge in [0.25, 0.3) is 0 Å². The van der Waals surface area contributed by atoms with Crippen LogP contribution in [0.2, 0.25) is 0 Å². The van der Waals surface area contributed by atoms with Gasteiger partial charge in [0, 0.05) is 5.56 Å². The van der Waals surface area contributed by atoms with Gasteiger partial charge in [0.05, 0.1) is 6.54 Å². The van der Waals surface area contributed by atoms with Crippen molar-refractivity contribution in [3.8, 4) is 17.6 Å². The summed E-state index contributed by atoms with van der Waals surface area (Å²) in [5.74, 6) is 2.57. The normalized spacial score (nSPS) is 11.1. The molecular formula is C16H16F3NO5. The van der Waals surface area contributed by atoms with E-state index in [1.165, 1.54) is 6.07 Å². The van der Waals surface area contributed by atoms with E-state index in [0.29, 0.717) is 0 Å². The highest BCUT2D eigenvalue weighted by atomic mass is 19.4. The third-order valence-corrected chi connectivity index (χ3v) is 2.39. The van der Waals surface area contributed by atoms with E-state index in [9.17, 15) is 22.8 Å². The molecule has 0 aliphatic heterocycles. The lowest BCUT2D eigenvalue weighted by atomic mass is 10.1. The Balaban J connectivity index is 2.82. The third kappa shape index (κ3) is 7.97. The number of halogens is 3. The molecule has 136 valence electrons. The average molecular weight is 359 g/mol. The molecule has 0 saturated carbocycles. The number of alkyl halides is 3. The number of ether oxygens (including phenoxy) is 2. The Hall–Kier alpha value is -2.89. The molecule has 0 unspecified atom stereocenters. The van der Waals surface area contributed by atoms with E-state index in [1.807, 2.05) is 0 Å². The summed E-state index contributed by atoms with van der Waals surface area (Å²) in [4.78, 5) is 22.3. The molecule has 0 aliphatic rings. The Labute approximate surface area is 141 Å². The van der Waals surface area contributed by atoms with Crippen molar-refractivity contribution >= 4 is 12.1 Å². The van der Waals surface area contributed by atoms with E-state index < -0.39 is 35.3 Å². The van der Waals surface area contributed by atoms with Gasteiger partial charge in [0.15, 0.2) is 0 Å². The summed E-state index contributed by atoms with van der Waals surface area (Å²) in [5.41, 5.74) is -1.22. The Morgan fingerprint density at radius 1 is 1.24 bits per heavy atom. The maximum Gasteiger partial charge on any atom is 0.573 e. The van der Waals surface area contributed by atoms with Gasteiger partial charge in [-0.05, 0) is 39.0 Å². The van der Waals surface area contributed by atoms with Gasteiger partial charge in [0.1, 0.15) is 16.9 Å². The molecule has 0 atom stereocenters. The number of hydrogen-bond donors (Lipinski definition) is 2. The molecule has 6 nitrogen and oxygen atoms in total. The smallest absolute Gasteiger partial charge is 0.478 e. The first-order valence-corrected chi connectivity index (χ1v) is 6.96. The summed E-state index contributed by atoms with van der Waals surface area (Å²) in [6.07, 6.45) is -5.72. The second-order valence-electron chi connectivity index (χ2n) is 5.72. The van der Waals surface area contributed by atoms with Crippen molar-refractivity contribution in [2.45, 2.75) is 32.7 Å². The highest BCUT2D eigenvalue weighted by Crippen LogP contribution is 2.27. The molecule has 0 heterocycles. The van der Waals surface area contributed by atoms with Crippen LogP contribution in [0.15, 0.2) is 18.2 Å². The van der Waals surface area contributed by atoms with Gasteiger partial charge >= 0.3 is 18.4 Å². The zero-order valence-corrected chi connectivity index (χ0v) is 13.7. The van der Waals surface area contributed by atoms with E-state index in [4.69, 9.17) is 9.84 Å². The number of carbonyl (C=O) groups is 2. The van der Waals surface area contributed by atoms with Crippen molar-refractivity contribution in [3.63, 3.8) is 0 Å². The van der Waals surface area contributed by atoms with Crippen LogP contribution in [0, 0.1) is 11.8 Å². The Morgan fingerprint density at radius 2 is 1.88 bits per heavy atom. The molecule has 2 N–H and O–H groups in total. The zero-order valence-electron chi connectivity index (χ0n) is 13.7. The van der Waals surface area contributed by atoms with Crippen LogP contribution in [-0.2, 0) is 4.74 Å². The fourth-order valence-electron chi connectivity index (χ4n) is 1.56. The summed E-state index contributed by atoms with van der Waals surface area (Å²) in [6, 6.07) is 3.04. The molecule has 0 radical (unpaired) electrons. The van der Waals surface area contributed by atoms with Crippen LogP contribution in [0.4, 0.5) is 18.0 Å². The van der Waals surface area contributed by atoms with Gasteiger partial charge < -0.3 is 19.9 Å². The summed E-state index contributed by atoms with van der Waals surface area (Å²) in [7, 11) is 0. The SMILES string of the molecule is CC(C)(C)OC(=O)NCC#Cc1ccc(C(=O)O)c(OC(F)(F)F)c1. The molecule has 1 aromatic carbocycles. The third-order valence-electron chi connectivity index (χ3n) is 2.39. The molecule has 1 aromatic rings. The number of carboxylic acids is 1. The molecule has 1 amide bonds. The fourth-order valence-corrected chi connectivity index (χ4v) is 1.56. The second-order valence-corrected chi connectivity index (χ2v) is 5.72. The topological polar surface area (TPSA) is 84.9 Å². The molecule has 0 fully saturated rings. The van der Waals surface area contributed by atoms with E-state index in [1.54, 1.807) is 20.8 Å². The van der Waals surface area contributed by atoms with Crippen molar-refractivity contribution in [1.29, 1.82) is 0 Å². The zero-order chi connectivity index (χ0) is 19.3.